The van der Waals surface area contributed by atoms with Crippen LogP contribution in [0.25, 0.3) is 0 Å². The summed E-state index contributed by atoms with van der Waals surface area (Å²) in [5.74, 6) is 0.866. The lowest BCUT2D eigenvalue weighted by molar-refractivity contribution is -0.384. The predicted octanol–water partition coefficient (Wildman–Crippen LogP) is 3.49. The standard InChI is InChI=1S/C19H23N3O3/c1-15(16-5-3-7-18(13-16)22(23)24)20-9-11-21(12-10-20)17-6-4-8-19(14-17)25-2/h3-8,13-15H,9-12H2,1-2H3/t15-/m1/s1. The summed E-state index contributed by atoms with van der Waals surface area (Å²) in [5.41, 5.74) is 2.31. The average molecular weight is 341 g/mol. The molecular formula is C19H23N3O3. The highest BCUT2D eigenvalue weighted by Crippen LogP contribution is 2.27. The monoisotopic (exact) mass is 341 g/mol. The van der Waals surface area contributed by atoms with Gasteiger partial charge in [-0.05, 0) is 24.6 Å². The molecule has 1 fully saturated rings. The van der Waals surface area contributed by atoms with E-state index in [1.807, 2.05) is 18.2 Å². The second-order valence-corrected chi connectivity index (χ2v) is 6.25. The Labute approximate surface area is 147 Å². The lowest BCUT2D eigenvalue weighted by Crippen LogP contribution is -2.47. The van der Waals surface area contributed by atoms with Crippen molar-refractivity contribution in [2.24, 2.45) is 0 Å². The van der Waals surface area contributed by atoms with Gasteiger partial charge in [-0.15, -0.1) is 0 Å². The molecule has 1 aliphatic rings. The third-order valence-electron chi connectivity index (χ3n) is 4.84. The summed E-state index contributed by atoms with van der Waals surface area (Å²) >= 11 is 0. The first-order valence-corrected chi connectivity index (χ1v) is 8.46. The number of anilines is 1. The summed E-state index contributed by atoms with van der Waals surface area (Å²) in [6.45, 7) is 5.79. The molecule has 0 saturated carbocycles. The van der Waals surface area contributed by atoms with E-state index in [4.69, 9.17) is 4.74 Å². The average Bonchev–Trinajstić information content (AvgIpc) is 2.67. The van der Waals surface area contributed by atoms with E-state index in [-0.39, 0.29) is 16.7 Å². The van der Waals surface area contributed by atoms with E-state index in [1.54, 1.807) is 19.2 Å². The van der Waals surface area contributed by atoms with Crippen molar-refractivity contribution >= 4 is 11.4 Å². The smallest absolute Gasteiger partial charge is 0.269 e. The predicted molar refractivity (Wildman–Crippen MR) is 98.3 cm³/mol. The maximum absolute atomic E-state index is 11.0. The third-order valence-corrected chi connectivity index (χ3v) is 4.84. The highest BCUT2D eigenvalue weighted by molar-refractivity contribution is 5.51. The van der Waals surface area contributed by atoms with E-state index in [1.165, 1.54) is 11.8 Å². The maximum atomic E-state index is 11.0. The van der Waals surface area contributed by atoms with Gasteiger partial charge in [0.2, 0.25) is 0 Å². The number of rotatable bonds is 5. The second kappa shape index (κ2) is 7.53. The number of nitro benzene ring substituents is 1. The number of hydrogen-bond acceptors (Lipinski definition) is 5. The van der Waals surface area contributed by atoms with Crippen molar-refractivity contribution in [3.05, 3.63) is 64.2 Å². The van der Waals surface area contributed by atoms with Crippen LogP contribution in [0.4, 0.5) is 11.4 Å². The Kier molecular flexibility index (Phi) is 5.19. The minimum absolute atomic E-state index is 0.152. The Morgan fingerprint density at radius 3 is 2.48 bits per heavy atom. The molecule has 0 aromatic heterocycles. The molecule has 6 nitrogen and oxygen atoms in total. The fraction of sp³-hybridized carbons (Fsp3) is 0.368. The van der Waals surface area contributed by atoms with E-state index in [0.29, 0.717) is 0 Å². The fourth-order valence-corrected chi connectivity index (χ4v) is 3.28. The topological polar surface area (TPSA) is 58.8 Å². The lowest BCUT2D eigenvalue weighted by atomic mass is 10.1. The molecule has 0 bridgehead atoms. The number of piperazine rings is 1. The molecule has 0 radical (unpaired) electrons. The van der Waals surface area contributed by atoms with Gasteiger partial charge >= 0.3 is 0 Å². The Morgan fingerprint density at radius 2 is 1.80 bits per heavy atom. The van der Waals surface area contributed by atoms with Gasteiger partial charge in [0, 0.05) is 56.1 Å². The van der Waals surface area contributed by atoms with Crippen LogP contribution in [0.5, 0.6) is 5.75 Å². The van der Waals surface area contributed by atoms with Gasteiger partial charge in [0.15, 0.2) is 0 Å². The van der Waals surface area contributed by atoms with Gasteiger partial charge in [0.05, 0.1) is 12.0 Å². The molecule has 25 heavy (non-hydrogen) atoms. The Bertz CT molecular complexity index is 742. The molecule has 0 amide bonds. The molecule has 0 N–H and O–H groups in total. The molecule has 0 spiro atoms. The van der Waals surface area contributed by atoms with Crippen molar-refractivity contribution in [1.29, 1.82) is 0 Å². The molecule has 1 aliphatic heterocycles. The number of non-ortho nitro benzene ring substituents is 1. The van der Waals surface area contributed by atoms with Crippen LogP contribution in [-0.2, 0) is 0 Å². The van der Waals surface area contributed by atoms with Gasteiger partial charge in [-0.2, -0.15) is 0 Å². The molecule has 6 heteroatoms. The van der Waals surface area contributed by atoms with Crippen LogP contribution in [0.3, 0.4) is 0 Å². The van der Waals surface area contributed by atoms with Crippen LogP contribution in [-0.4, -0.2) is 43.1 Å². The van der Waals surface area contributed by atoms with Crippen LogP contribution in [0.2, 0.25) is 0 Å². The van der Waals surface area contributed by atoms with Gasteiger partial charge < -0.3 is 9.64 Å². The first-order valence-electron chi connectivity index (χ1n) is 8.46. The molecule has 1 atom stereocenters. The van der Waals surface area contributed by atoms with E-state index in [2.05, 4.69) is 28.9 Å². The molecule has 2 aromatic carbocycles. The van der Waals surface area contributed by atoms with Crippen molar-refractivity contribution in [3.63, 3.8) is 0 Å². The van der Waals surface area contributed by atoms with Crippen LogP contribution in [0.1, 0.15) is 18.5 Å². The van der Waals surface area contributed by atoms with E-state index in [9.17, 15) is 10.1 Å². The summed E-state index contributed by atoms with van der Waals surface area (Å²) in [6.07, 6.45) is 0. The van der Waals surface area contributed by atoms with Gasteiger partial charge in [-0.25, -0.2) is 0 Å². The summed E-state index contributed by atoms with van der Waals surface area (Å²) in [6, 6.07) is 15.2. The highest BCUT2D eigenvalue weighted by Gasteiger charge is 2.23. The quantitative estimate of drug-likeness (QED) is 0.615. The minimum Gasteiger partial charge on any atom is -0.497 e. The molecule has 2 aromatic rings. The Hall–Kier alpha value is -2.60. The van der Waals surface area contributed by atoms with Crippen molar-refractivity contribution < 1.29 is 9.66 Å². The largest absolute Gasteiger partial charge is 0.497 e. The van der Waals surface area contributed by atoms with E-state index >= 15 is 0 Å². The molecule has 0 unspecified atom stereocenters. The summed E-state index contributed by atoms with van der Waals surface area (Å²) in [5, 5.41) is 11.0. The van der Waals surface area contributed by atoms with Crippen molar-refractivity contribution in [3.8, 4) is 5.75 Å². The maximum Gasteiger partial charge on any atom is 0.269 e. The summed E-state index contributed by atoms with van der Waals surface area (Å²) < 4.78 is 5.30. The first-order chi connectivity index (χ1) is 12.1. The van der Waals surface area contributed by atoms with Gasteiger partial charge in [0.1, 0.15) is 5.75 Å². The zero-order valence-electron chi connectivity index (χ0n) is 14.6. The van der Waals surface area contributed by atoms with E-state index < -0.39 is 0 Å². The van der Waals surface area contributed by atoms with Crippen LogP contribution >= 0.6 is 0 Å². The highest BCUT2D eigenvalue weighted by atomic mass is 16.6. The van der Waals surface area contributed by atoms with Crippen molar-refractivity contribution in [2.75, 3.05) is 38.2 Å². The molecule has 1 heterocycles. The zero-order chi connectivity index (χ0) is 17.8. The van der Waals surface area contributed by atoms with Crippen LogP contribution < -0.4 is 9.64 Å². The number of methoxy groups -OCH3 is 1. The van der Waals surface area contributed by atoms with E-state index in [0.717, 1.165) is 37.5 Å². The second-order valence-electron chi connectivity index (χ2n) is 6.25. The molecule has 0 aliphatic carbocycles. The molecular weight excluding hydrogens is 318 g/mol. The lowest BCUT2D eigenvalue weighted by Gasteiger charge is -2.39. The zero-order valence-corrected chi connectivity index (χ0v) is 14.6. The number of nitrogens with zero attached hydrogens (tertiary/aromatic N) is 3. The fourth-order valence-electron chi connectivity index (χ4n) is 3.28. The van der Waals surface area contributed by atoms with Crippen molar-refractivity contribution in [2.45, 2.75) is 13.0 Å². The SMILES string of the molecule is COc1cccc(N2CCN([C@H](C)c3cccc([N+](=O)[O-])c3)CC2)c1. The van der Waals surface area contributed by atoms with Gasteiger partial charge in [-0.3, -0.25) is 15.0 Å². The van der Waals surface area contributed by atoms with Crippen LogP contribution in [0, 0.1) is 10.1 Å². The molecule has 132 valence electrons. The number of nitro groups is 1. The Morgan fingerprint density at radius 1 is 1.08 bits per heavy atom. The normalized spacial score (nSPS) is 16.5. The number of hydrogen-bond donors (Lipinski definition) is 0. The van der Waals surface area contributed by atoms with Crippen molar-refractivity contribution in [1.82, 2.24) is 4.90 Å². The number of ether oxygens (including phenoxy) is 1. The first kappa shape index (κ1) is 17.2. The third kappa shape index (κ3) is 3.91. The summed E-state index contributed by atoms with van der Waals surface area (Å²) in [4.78, 5) is 15.4. The Balaban J connectivity index is 1.65. The van der Waals surface area contributed by atoms with Gasteiger partial charge in [0.25, 0.3) is 5.69 Å². The van der Waals surface area contributed by atoms with Gasteiger partial charge in [-0.1, -0.05) is 18.2 Å². The summed E-state index contributed by atoms with van der Waals surface area (Å²) in [7, 11) is 1.68. The number of benzene rings is 2. The minimum atomic E-state index is -0.336. The van der Waals surface area contributed by atoms with Crippen LogP contribution in [0.15, 0.2) is 48.5 Å². The molecule has 1 saturated heterocycles. The molecule has 3 rings (SSSR count).